The van der Waals surface area contributed by atoms with Crippen molar-refractivity contribution >= 4 is 28.3 Å². The zero-order valence-corrected chi connectivity index (χ0v) is 13.6. The van der Waals surface area contributed by atoms with E-state index in [-0.39, 0.29) is 0 Å². The third-order valence-corrected chi connectivity index (χ3v) is 5.90. The molecule has 1 aromatic rings. The molecule has 2 rings (SSSR count). The average Bonchev–Trinajstić information content (AvgIpc) is 3.09. The Labute approximate surface area is 124 Å². The van der Waals surface area contributed by atoms with Crippen LogP contribution < -0.4 is 5.32 Å². The first-order chi connectivity index (χ1) is 9.28. The number of aliphatic imine (C=N–C) groups is 1. The Morgan fingerprint density at radius 1 is 1.32 bits per heavy atom. The maximum atomic E-state index is 4.68. The molecule has 0 aromatic carbocycles. The summed E-state index contributed by atoms with van der Waals surface area (Å²) in [6.45, 7) is 7.72. The van der Waals surface area contributed by atoms with Crippen molar-refractivity contribution in [3.63, 3.8) is 0 Å². The lowest BCUT2D eigenvalue weighted by Crippen LogP contribution is -2.26. The topological polar surface area (TPSA) is 37.3 Å². The Morgan fingerprint density at radius 3 is 2.68 bits per heavy atom. The summed E-state index contributed by atoms with van der Waals surface area (Å²) in [6.07, 6.45) is 5.42. The monoisotopic (exact) mass is 297 g/mol. The molecule has 5 heteroatoms. The van der Waals surface area contributed by atoms with E-state index in [2.05, 4.69) is 36.1 Å². The minimum absolute atomic E-state index is 0.312. The highest BCUT2D eigenvalue weighted by Gasteiger charge is 2.27. The highest BCUT2D eigenvalue weighted by molar-refractivity contribution is 8.14. The lowest BCUT2D eigenvalue weighted by atomic mass is 9.99. The van der Waals surface area contributed by atoms with Crippen LogP contribution in [0.15, 0.2) is 16.6 Å². The number of thioether (sulfide) groups is 1. The van der Waals surface area contributed by atoms with Crippen molar-refractivity contribution in [3.8, 4) is 0 Å². The van der Waals surface area contributed by atoms with Gasteiger partial charge in [0.15, 0.2) is 5.17 Å². The first-order valence-corrected chi connectivity index (χ1v) is 8.91. The molecule has 0 fully saturated rings. The van der Waals surface area contributed by atoms with Crippen LogP contribution in [0, 0.1) is 5.92 Å². The second kappa shape index (κ2) is 7.29. The molecule has 2 heterocycles. The van der Waals surface area contributed by atoms with Crippen LogP contribution in [0.25, 0.3) is 0 Å². The zero-order valence-electron chi connectivity index (χ0n) is 11.9. The van der Waals surface area contributed by atoms with E-state index in [4.69, 9.17) is 0 Å². The molecule has 1 N–H and O–H groups in total. The van der Waals surface area contributed by atoms with E-state index in [1.54, 1.807) is 11.3 Å². The fourth-order valence-corrected chi connectivity index (χ4v) is 4.57. The van der Waals surface area contributed by atoms with E-state index in [1.807, 2.05) is 23.3 Å². The van der Waals surface area contributed by atoms with Crippen LogP contribution in [0.2, 0.25) is 0 Å². The van der Waals surface area contributed by atoms with Gasteiger partial charge < -0.3 is 5.32 Å². The minimum atomic E-state index is 0.312. The van der Waals surface area contributed by atoms with E-state index in [9.17, 15) is 0 Å². The van der Waals surface area contributed by atoms with Gasteiger partial charge in [-0.1, -0.05) is 45.4 Å². The predicted octanol–water partition coefficient (Wildman–Crippen LogP) is 4.09. The number of hydrogen-bond donors (Lipinski definition) is 1. The molecule has 106 valence electrons. The van der Waals surface area contributed by atoms with Crippen molar-refractivity contribution in [1.82, 2.24) is 10.3 Å². The molecule has 1 aromatic heterocycles. The van der Waals surface area contributed by atoms with Gasteiger partial charge in [0.25, 0.3) is 0 Å². The summed E-state index contributed by atoms with van der Waals surface area (Å²) in [5.41, 5.74) is 0. The average molecular weight is 297 g/mol. The van der Waals surface area contributed by atoms with Crippen LogP contribution in [0.1, 0.15) is 51.1 Å². The summed E-state index contributed by atoms with van der Waals surface area (Å²) in [5.74, 6) is 0.785. The fourth-order valence-electron chi connectivity index (χ4n) is 2.42. The van der Waals surface area contributed by atoms with Gasteiger partial charge in [-0.05, 0) is 12.3 Å². The van der Waals surface area contributed by atoms with Crippen LogP contribution in [0.3, 0.4) is 0 Å². The zero-order chi connectivity index (χ0) is 13.7. The maximum Gasteiger partial charge on any atom is 0.157 e. The summed E-state index contributed by atoms with van der Waals surface area (Å²) in [6, 6.07) is 0.312. The van der Waals surface area contributed by atoms with Gasteiger partial charge in [0.05, 0.1) is 12.6 Å². The van der Waals surface area contributed by atoms with E-state index in [1.165, 1.54) is 12.8 Å². The van der Waals surface area contributed by atoms with Crippen LogP contribution in [-0.2, 0) is 0 Å². The molecular weight excluding hydrogens is 274 g/mol. The van der Waals surface area contributed by atoms with Crippen molar-refractivity contribution in [2.24, 2.45) is 10.9 Å². The second-order valence-corrected chi connectivity index (χ2v) is 7.01. The van der Waals surface area contributed by atoms with Crippen molar-refractivity contribution in [2.45, 2.75) is 51.3 Å². The highest BCUT2D eigenvalue weighted by Crippen LogP contribution is 2.31. The summed E-state index contributed by atoms with van der Waals surface area (Å²) in [5, 5.41) is 8.53. The van der Waals surface area contributed by atoms with Crippen LogP contribution in [-0.4, -0.2) is 21.9 Å². The van der Waals surface area contributed by atoms with Crippen molar-refractivity contribution in [1.29, 1.82) is 0 Å². The van der Waals surface area contributed by atoms with Gasteiger partial charge in [-0.15, -0.1) is 11.3 Å². The maximum absolute atomic E-state index is 4.68. The molecular formula is C14H23N3S2. The largest absolute Gasteiger partial charge is 0.356 e. The van der Waals surface area contributed by atoms with Crippen LogP contribution in [0.4, 0.5) is 0 Å². The lowest BCUT2D eigenvalue weighted by Gasteiger charge is -2.20. The quantitative estimate of drug-likeness (QED) is 0.859. The summed E-state index contributed by atoms with van der Waals surface area (Å²) in [7, 11) is 0. The first-order valence-electron chi connectivity index (χ1n) is 7.15. The normalized spacial score (nSPS) is 20.6. The predicted molar refractivity (Wildman–Crippen MR) is 86.0 cm³/mol. The smallest absolute Gasteiger partial charge is 0.157 e. The summed E-state index contributed by atoms with van der Waals surface area (Å²) in [4.78, 5) is 9.08. The highest BCUT2D eigenvalue weighted by atomic mass is 32.2. The molecule has 19 heavy (non-hydrogen) atoms. The Bertz CT molecular complexity index is 399. The molecule has 1 aliphatic rings. The summed E-state index contributed by atoms with van der Waals surface area (Å²) < 4.78 is 0. The number of nitrogens with one attached hydrogen (secondary N) is 1. The van der Waals surface area contributed by atoms with Crippen LogP contribution in [0.5, 0.6) is 0 Å². The van der Waals surface area contributed by atoms with Gasteiger partial charge in [0.1, 0.15) is 5.01 Å². The van der Waals surface area contributed by atoms with Gasteiger partial charge >= 0.3 is 0 Å². The number of rotatable bonds is 6. The van der Waals surface area contributed by atoms with E-state index < -0.39 is 0 Å². The standard InChI is InChI=1S/C14H23N3S2/c1-4-10(5-2)12-9-16-14(19-12)17-11(6-3)13-15-7-8-18-13/h7-8,10-12H,4-6,9H2,1-3H3,(H,16,17). The summed E-state index contributed by atoms with van der Waals surface area (Å²) >= 11 is 3.64. The molecule has 0 amide bonds. The molecule has 2 unspecified atom stereocenters. The van der Waals surface area contributed by atoms with Gasteiger partial charge in [-0.2, -0.15) is 0 Å². The first kappa shape index (κ1) is 14.9. The van der Waals surface area contributed by atoms with Crippen molar-refractivity contribution in [3.05, 3.63) is 16.6 Å². The second-order valence-electron chi connectivity index (χ2n) is 4.85. The Balaban J connectivity index is 1.90. The van der Waals surface area contributed by atoms with E-state index >= 15 is 0 Å². The Hall–Kier alpha value is -0.550. The third-order valence-electron chi connectivity index (χ3n) is 3.71. The van der Waals surface area contributed by atoms with Gasteiger partial charge in [-0.3, -0.25) is 4.99 Å². The molecule has 0 aliphatic carbocycles. The van der Waals surface area contributed by atoms with E-state index in [0.29, 0.717) is 11.3 Å². The number of thiazole rings is 1. The van der Waals surface area contributed by atoms with E-state index in [0.717, 1.165) is 29.1 Å². The molecule has 0 saturated carbocycles. The minimum Gasteiger partial charge on any atom is -0.356 e. The number of hydrogen-bond acceptors (Lipinski definition) is 5. The van der Waals surface area contributed by atoms with Gasteiger partial charge in [-0.25, -0.2) is 4.98 Å². The van der Waals surface area contributed by atoms with Crippen LogP contribution >= 0.6 is 23.1 Å². The number of nitrogens with zero attached hydrogens (tertiary/aromatic N) is 2. The Kier molecular flexibility index (Phi) is 5.70. The lowest BCUT2D eigenvalue weighted by molar-refractivity contribution is 0.479. The van der Waals surface area contributed by atoms with Crippen molar-refractivity contribution < 1.29 is 0 Å². The van der Waals surface area contributed by atoms with Crippen molar-refractivity contribution in [2.75, 3.05) is 6.54 Å². The molecule has 0 radical (unpaired) electrons. The molecule has 0 saturated heterocycles. The Morgan fingerprint density at radius 2 is 2.11 bits per heavy atom. The fraction of sp³-hybridized carbons (Fsp3) is 0.714. The number of amidine groups is 1. The molecule has 1 aliphatic heterocycles. The number of aromatic nitrogens is 1. The molecule has 2 atom stereocenters. The molecule has 0 bridgehead atoms. The molecule has 0 spiro atoms. The SMILES string of the molecule is CCC(NC1=NCC(C(CC)CC)S1)c1nccs1. The molecule has 3 nitrogen and oxygen atoms in total. The van der Waals surface area contributed by atoms with Gasteiger partial charge in [0.2, 0.25) is 0 Å². The van der Waals surface area contributed by atoms with Gasteiger partial charge in [0, 0.05) is 16.8 Å². The third kappa shape index (κ3) is 3.72.